The van der Waals surface area contributed by atoms with E-state index in [0.717, 1.165) is 24.3 Å². The Morgan fingerprint density at radius 1 is 0.909 bits per heavy atom. The quantitative estimate of drug-likeness (QED) is 0.272. The molecule has 0 amide bonds. The molecule has 3 aromatic rings. The number of aromatic hydroxyl groups is 4. The molecule has 176 valence electrons. The number of phenols is 4. The standard InChI is InChI=1S/C22H22O11/c1-2-13-16(27)18(29)19(30)22(32-13)33-21-17(28)15-12(26)6-9(23)7-14(15)31-20(21)8-3-4-10(24)11(25)5-8/h3-7,13,16,18-19,22-27,29-30H,2H2,1H3/t13-,16-,18+,19-,22+/m1/s1. The van der Waals surface area contributed by atoms with E-state index in [2.05, 4.69) is 0 Å². The Balaban J connectivity index is 1.91. The summed E-state index contributed by atoms with van der Waals surface area (Å²) in [5, 5.41) is 69.8. The number of ether oxygens (including phenoxy) is 2. The zero-order chi connectivity index (χ0) is 24.0. The van der Waals surface area contributed by atoms with Crippen molar-refractivity contribution in [1.82, 2.24) is 0 Å². The summed E-state index contributed by atoms with van der Waals surface area (Å²) < 4.78 is 16.9. The average molecular weight is 462 g/mol. The van der Waals surface area contributed by atoms with Crippen LogP contribution in [0.15, 0.2) is 39.5 Å². The van der Waals surface area contributed by atoms with Gasteiger partial charge in [-0.2, -0.15) is 0 Å². The highest BCUT2D eigenvalue weighted by molar-refractivity contribution is 5.88. The molecule has 11 nitrogen and oxygen atoms in total. The highest BCUT2D eigenvalue weighted by Gasteiger charge is 2.45. The molecule has 4 rings (SSSR count). The second-order valence-electron chi connectivity index (χ2n) is 7.67. The van der Waals surface area contributed by atoms with Crippen LogP contribution in [-0.2, 0) is 4.74 Å². The van der Waals surface area contributed by atoms with E-state index in [4.69, 9.17) is 13.9 Å². The normalized spacial score (nSPS) is 25.3. The van der Waals surface area contributed by atoms with Gasteiger partial charge in [0.2, 0.25) is 17.5 Å². The second-order valence-corrected chi connectivity index (χ2v) is 7.67. The summed E-state index contributed by atoms with van der Waals surface area (Å²) in [5.74, 6) is -2.78. The van der Waals surface area contributed by atoms with E-state index in [-0.39, 0.29) is 34.5 Å². The summed E-state index contributed by atoms with van der Waals surface area (Å²) >= 11 is 0. The van der Waals surface area contributed by atoms with E-state index >= 15 is 0 Å². The number of rotatable bonds is 4. The van der Waals surface area contributed by atoms with Crippen LogP contribution in [0.4, 0.5) is 0 Å². The molecule has 5 atom stereocenters. The lowest BCUT2D eigenvalue weighted by Gasteiger charge is -2.39. The Kier molecular flexibility index (Phi) is 5.80. The topological polar surface area (TPSA) is 190 Å². The molecule has 0 spiro atoms. The molecule has 0 bridgehead atoms. The van der Waals surface area contributed by atoms with Gasteiger partial charge in [-0.25, -0.2) is 0 Å². The molecule has 1 saturated heterocycles. The monoisotopic (exact) mass is 462 g/mol. The van der Waals surface area contributed by atoms with Crippen molar-refractivity contribution in [1.29, 1.82) is 0 Å². The van der Waals surface area contributed by atoms with E-state index in [1.54, 1.807) is 6.92 Å². The molecule has 33 heavy (non-hydrogen) atoms. The molecule has 2 aromatic carbocycles. The van der Waals surface area contributed by atoms with Gasteiger partial charge in [0.05, 0.1) is 6.10 Å². The Bertz CT molecular complexity index is 1250. The first-order valence-electron chi connectivity index (χ1n) is 10.0. The van der Waals surface area contributed by atoms with Gasteiger partial charge < -0.3 is 49.6 Å². The molecule has 0 radical (unpaired) electrons. The Labute approximate surface area is 185 Å². The maximum absolute atomic E-state index is 13.3. The molecule has 0 unspecified atom stereocenters. The third kappa shape index (κ3) is 3.91. The minimum Gasteiger partial charge on any atom is -0.508 e. The predicted molar refractivity (Wildman–Crippen MR) is 112 cm³/mol. The van der Waals surface area contributed by atoms with Gasteiger partial charge in [0.25, 0.3) is 0 Å². The summed E-state index contributed by atoms with van der Waals surface area (Å²) in [5.41, 5.74) is -1.04. The van der Waals surface area contributed by atoms with Crippen molar-refractivity contribution < 1.29 is 49.6 Å². The first-order valence-corrected chi connectivity index (χ1v) is 10.0. The van der Waals surface area contributed by atoms with Crippen molar-refractivity contribution in [3.63, 3.8) is 0 Å². The summed E-state index contributed by atoms with van der Waals surface area (Å²) in [6, 6.07) is 5.54. The van der Waals surface area contributed by atoms with Crippen LogP contribution in [0.3, 0.4) is 0 Å². The molecule has 0 saturated carbocycles. The smallest absolute Gasteiger partial charge is 0.239 e. The summed E-state index contributed by atoms with van der Waals surface area (Å²) in [4.78, 5) is 13.3. The van der Waals surface area contributed by atoms with Crippen molar-refractivity contribution in [2.24, 2.45) is 0 Å². The number of hydrogen-bond acceptors (Lipinski definition) is 11. The zero-order valence-corrected chi connectivity index (χ0v) is 17.2. The lowest BCUT2D eigenvalue weighted by molar-refractivity contribution is -0.272. The van der Waals surface area contributed by atoms with Crippen molar-refractivity contribution in [2.75, 3.05) is 0 Å². The fraction of sp³-hybridized carbons (Fsp3) is 0.318. The maximum Gasteiger partial charge on any atom is 0.239 e. The van der Waals surface area contributed by atoms with Crippen LogP contribution in [-0.4, -0.2) is 66.5 Å². The Morgan fingerprint density at radius 2 is 1.64 bits per heavy atom. The molecule has 1 aliphatic heterocycles. The van der Waals surface area contributed by atoms with Crippen LogP contribution in [0, 0.1) is 0 Å². The van der Waals surface area contributed by atoms with E-state index in [0.29, 0.717) is 0 Å². The maximum atomic E-state index is 13.3. The average Bonchev–Trinajstić information content (AvgIpc) is 2.76. The Hall–Kier alpha value is -3.51. The number of phenolic OH excluding ortho intramolecular Hbond substituents is 4. The zero-order valence-electron chi connectivity index (χ0n) is 17.2. The highest BCUT2D eigenvalue weighted by atomic mass is 16.7. The minimum absolute atomic E-state index is 0.0695. The number of hydrogen-bond donors (Lipinski definition) is 7. The molecule has 1 aromatic heterocycles. The van der Waals surface area contributed by atoms with Gasteiger partial charge >= 0.3 is 0 Å². The summed E-state index contributed by atoms with van der Waals surface area (Å²) in [6.45, 7) is 1.68. The Morgan fingerprint density at radius 3 is 2.30 bits per heavy atom. The third-order valence-corrected chi connectivity index (χ3v) is 5.46. The number of aliphatic hydroxyl groups excluding tert-OH is 3. The van der Waals surface area contributed by atoms with Gasteiger partial charge in [0.15, 0.2) is 17.3 Å². The van der Waals surface area contributed by atoms with E-state index in [1.165, 1.54) is 6.07 Å². The van der Waals surface area contributed by atoms with Crippen LogP contribution < -0.4 is 10.2 Å². The van der Waals surface area contributed by atoms with Crippen molar-refractivity contribution in [3.05, 3.63) is 40.6 Å². The van der Waals surface area contributed by atoms with Gasteiger partial charge in [0.1, 0.15) is 40.8 Å². The van der Waals surface area contributed by atoms with Gasteiger partial charge in [-0.15, -0.1) is 0 Å². The summed E-state index contributed by atoms with van der Waals surface area (Å²) in [7, 11) is 0. The van der Waals surface area contributed by atoms with Crippen molar-refractivity contribution in [3.8, 4) is 40.1 Å². The lowest BCUT2D eigenvalue weighted by Crippen LogP contribution is -2.59. The van der Waals surface area contributed by atoms with Crippen LogP contribution >= 0.6 is 0 Å². The molecule has 0 aliphatic carbocycles. The summed E-state index contributed by atoms with van der Waals surface area (Å²) in [6.07, 6.45) is -7.01. The highest BCUT2D eigenvalue weighted by Crippen LogP contribution is 2.39. The predicted octanol–water partition coefficient (Wildman–Crippen LogP) is 0.879. The van der Waals surface area contributed by atoms with Crippen LogP contribution in [0.5, 0.6) is 28.7 Å². The largest absolute Gasteiger partial charge is 0.508 e. The minimum atomic E-state index is -1.74. The van der Waals surface area contributed by atoms with Crippen LogP contribution in [0.2, 0.25) is 0 Å². The first-order chi connectivity index (χ1) is 15.6. The number of fused-ring (bicyclic) bond motifs is 1. The molecule has 1 aliphatic rings. The third-order valence-electron chi connectivity index (χ3n) is 5.46. The van der Waals surface area contributed by atoms with E-state index in [9.17, 15) is 40.5 Å². The molecule has 2 heterocycles. The molecule has 11 heteroatoms. The van der Waals surface area contributed by atoms with Crippen LogP contribution in [0.25, 0.3) is 22.3 Å². The molecule has 1 fully saturated rings. The van der Waals surface area contributed by atoms with Crippen molar-refractivity contribution in [2.45, 2.75) is 44.1 Å². The number of benzene rings is 2. The van der Waals surface area contributed by atoms with E-state index < -0.39 is 59.1 Å². The van der Waals surface area contributed by atoms with Gasteiger partial charge in [-0.05, 0) is 24.6 Å². The fourth-order valence-electron chi connectivity index (χ4n) is 3.70. The van der Waals surface area contributed by atoms with Gasteiger partial charge in [-0.1, -0.05) is 6.92 Å². The molecule has 7 N–H and O–H groups in total. The fourth-order valence-corrected chi connectivity index (χ4v) is 3.70. The molecular weight excluding hydrogens is 440 g/mol. The molecular formula is C22H22O11. The first kappa shape index (κ1) is 22.7. The van der Waals surface area contributed by atoms with Gasteiger partial charge in [0, 0.05) is 17.7 Å². The second kappa shape index (κ2) is 8.45. The van der Waals surface area contributed by atoms with Crippen LogP contribution in [0.1, 0.15) is 13.3 Å². The number of aliphatic hydroxyl groups is 3. The lowest BCUT2D eigenvalue weighted by atomic mass is 9.97. The van der Waals surface area contributed by atoms with E-state index in [1.807, 2.05) is 0 Å². The van der Waals surface area contributed by atoms with Crippen molar-refractivity contribution >= 4 is 11.0 Å². The SMILES string of the molecule is CC[C@H]1O[C@@H](Oc2c(-c3ccc(O)c(O)c3)oc3cc(O)cc(O)c3c2=O)[C@H](O)[C@@H](O)[C@@H]1O. The van der Waals surface area contributed by atoms with Gasteiger partial charge in [-0.3, -0.25) is 4.79 Å².